The fourth-order valence-corrected chi connectivity index (χ4v) is 2.85. The largest absolute Gasteiger partial charge is 0.436 e. The minimum absolute atomic E-state index is 0.293. The summed E-state index contributed by atoms with van der Waals surface area (Å²) >= 11 is 0. The summed E-state index contributed by atoms with van der Waals surface area (Å²) in [6.07, 6.45) is 0. The van der Waals surface area contributed by atoms with Gasteiger partial charge in [-0.2, -0.15) is 0 Å². The van der Waals surface area contributed by atoms with Crippen LogP contribution < -0.4 is 10.2 Å². The predicted octanol–water partition coefficient (Wildman–Crippen LogP) is 3.18. The van der Waals surface area contributed by atoms with Crippen LogP contribution in [0.25, 0.3) is 22.6 Å². The maximum atomic E-state index is 13.4. The fourth-order valence-electron chi connectivity index (χ4n) is 2.85. The van der Waals surface area contributed by atoms with Gasteiger partial charge in [0.1, 0.15) is 5.52 Å². The fraction of sp³-hybridized carbons (Fsp3) is 0.235. The maximum absolute atomic E-state index is 13.4. The minimum Gasteiger partial charge on any atom is -0.436 e. The van der Waals surface area contributed by atoms with E-state index in [-0.39, 0.29) is 0 Å². The first-order valence-electron chi connectivity index (χ1n) is 7.53. The van der Waals surface area contributed by atoms with Gasteiger partial charge in [-0.15, -0.1) is 0 Å². The summed E-state index contributed by atoms with van der Waals surface area (Å²) in [4.78, 5) is 6.76. The Hall–Kier alpha value is -2.47. The van der Waals surface area contributed by atoms with Gasteiger partial charge in [-0.1, -0.05) is 6.07 Å². The summed E-state index contributed by atoms with van der Waals surface area (Å²) < 4.78 is 32.3. The molecular weight excluding hydrogens is 300 g/mol. The number of halogens is 2. The van der Waals surface area contributed by atoms with Crippen LogP contribution in [0, 0.1) is 11.6 Å². The second kappa shape index (κ2) is 5.62. The number of hydrogen-bond donors (Lipinski definition) is 1. The SMILES string of the molecule is Fc1ccc(-c2nc3c(N4CCNCC4)cccc3o2)cc1F. The number of benzene rings is 2. The van der Waals surface area contributed by atoms with Gasteiger partial charge in [0.15, 0.2) is 17.2 Å². The standard InChI is InChI=1S/C17H15F2N3O/c18-12-5-4-11(10-13(12)19)17-21-16-14(2-1-3-15(16)23-17)22-8-6-20-7-9-22/h1-5,10,20H,6-9H2. The molecule has 1 aromatic heterocycles. The molecule has 118 valence electrons. The van der Waals surface area contributed by atoms with Gasteiger partial charge in [0.25, 0.3) is 0 Å². The van der Waals surface area contributed by atoms with E-state index in [0.717, 1.165) is 49.5 Å². The third-order valence-electron chi connectivity index (χ3n) is 4.02. The molecule has 0 bridgehead atoms. The molecule has 4 rings (SSSR count). The Labute approximate surface area is 131 Å². The zero-order chi connectivity index (χ0) is 15.8. The highest BCUT2D eigenvalue weighted by atomic mass is 19.2. The molecular formula is C17H15F2N3O. The van der Waals surface area contributed by atoms with Crippen LogP contribution >= 0.6 is 0 Å². The Morgan fingerprint density at radius 1 is 1.04 bits per heavy atom. The number of rotatable bonds is 2. The molecule has 0 radical (unpaired) electrons. The van der Waals surface area contributed by atoms with Gasteiger partial charge in [-0.25, -0.2) is 13.8 Å². The van der Waals surface area contributed by atoms with E-state index in [0.29, 0.717) is 17.0 Å². The highest BCUT2D eigenvalue weighted by molar-refractivity contribution is 5.89. The smallest absolute Gasteiger partial charge is 0.227 e. The zero-order valence-corrected chi connectivity index (χ0v) is 12.4. The Balaban J connectivity index is 1.79. The number of oxazole rings is 1. The lowest BCUT2D eigenvalue weighted by atomic mass is 10.2. The van der Waals surface area contributed by atoms with Gasteiger partial charge >= 0.3 is 0 Å². The lowest BCUT2D eigenvalue weighted by Gasteiger charge is -2.29. The molecule has 1 fully saturated rings. The first-order valence-corrected chi connectivity index (χ1v) is 7.53. The van der Waals surface area contributed by atoms with Crippen LogP contribution in [0.4, 0.5) is 14.5 Å². The average molecular weight is 315 g/mol. The van der Waals surface area contributed by atoms with Crippen LogP contribution in [-0.2, 0) is 0 Å². The van der Waals surface area contributed by atoms with Crippen LogP contribution in [0.1, 0.15) is 0 Å². The van der Waals surface area contributed by atoms with E-state index in [1.54, 1.807) is 0 Å². The van der Waals surface area contributed by atoms with Crippen LogP contribution in [0.15, 0.2) is 40.8 Å². The van der Waals surface area contributed by atoms with Crippen molar-refractivity contribution in [3.8, 4) is 11.5 Å². The van der Waals surface area contributed by atoms with Crippen molar-refractivity contribution in [2.45, 2.75) is 0 Å². The summed E-state index contributed by atoms with van der Waals surface area (Å²) in [6, 6.07) is 9.40. The monoisotopic (exact) mass is 315 g/mol. The Morgan fingerprint density at radius 3 is 2.65 bits per heavy atom. The number of para-hydroxylation sites is 1. The van der Waals surface area contributed by atoms with E-state index < -0.39 is 11.6 Å². The molecule has 1 N–H and O–H groups in total. The number of aromatic nitrogens is 1. The first kappa shape index (κ1) is 14.1. The quantitative estimate of drug-likeness (QED) is 0.788. The van der Waals surface area contributed by atoms with Gasteiger partial charge in [0.05, 0.1) is 5.69 Å². The lowest BCUT2D eigenvalue weighted by molar-refractivity contribution is 0.508. The van der Waals surface area contributed by atoms with Gasteiger partial charge in [0.2, 0.25) is 5.89 Å². The van der Waals surface area contributed by atoms with E-state index in [1.165, 1.54) is 6.07 Å². The van der Waals surface area contributed by atoms with Crippen molar-refractivity contribution in [1.29, 1.82) is 0 Å². The van der Waals surface area contributed by atoms with Crippen molar-refractivity contribution < 1.29 is 13.2 Å². The number of nitrogens with one attached hydrogen (secondary N) is 1. The van der Waals surface area contributed by atoms with Gasteiger partial charge in [-0.05, 0) is 30.3 Å². The summed E-state index contributed by atoms with van der Waals surface area (Å²) in [7, 11) is 0. The molecule has 23 heavy (non-hydrogen) atoms. The number of fused-ring (bicyclic) bond motifs is 1. The van der Waals surface area contributed by atoms with Crippen molar-refractivity contribution in [2.24, 2.45) is 0 Å². The van der Waals surface area contributed by atoms with Crippen molar-refractivity contribution in [1.82, 2.24) is 10.3 Å². The Kier molecular flexibility index (Phi) is 3.46. The highest BCUT2D eigenvalue weighted by Gasteiger charge is 2.18. The number of anilines is 1. The van der Waals surface area contributed by atoms with Crippen molar-refractivity contribution in [3.63, 3.8) is 0 Å². The summed E-state index contributed by atoms with van der Waals surface area (Å²) in [5.74, 6) is -1.50. The number of hydrogen-bond acceptors (Lipinski definition) is 4. The van der Waals surface area contributed by atoms with E-state index in [4.69, 9.17) is 4.42 Å². The normalized spacial score (nSPS) is 15.3. The Bertz CT molecular complexity index is 856. The molecule has 0 amide bonds. The van der Waals surface area contributed by atoms with Gasteiger partial charge in [-0.3, -0.25) is 0 Å². The molecule has 1 aliphatic rings. The van der Waals surface area contributed by atoms with Gasteiger partial charge in [0, 0.05) is 31.7 Å². The molecule has 0 aliphatic carbocycles. The molecule has 1 saturated heterocycles. The van der Waals surface area contributed by atoms with E-state index in [2.05, 4.69) is 15.2 Å². The van der Waals surface area contributed by atoms with Crippen molar-refractivity contribution in [3.05, 3.63) is 48.0 Å². The summed E-state index contributed by atoms with van der Waals surface area (Å²) in [5.41, 5.74) is 2.81. The molecule has 2 heterocycles. The van der Waals surface area contributed by atoms with Crippen molar-refractivity contribution >= 4 is 16.8 Å². The molecule has 4 nitrogen and oxygen atoms in total. The topological polar surface area (TPSA) is 41.3 Å². The average Bonchev–Trinajstić information content (AvgIpc) is 3.02. The van der Waals surface area contributed by atoms with Crippen LogP contribution in [-0.4, -0.2) is 31.2 Å². The second-order valence-corrected chi connectivity index (χ2v) is 5.51. The summed E-state index contributed by atoms with van der Waals surface area (Å²) in [5, 5.41) is 3.31. The first-order chi connectivity index (χ1) is 11.2. The van der Waals surface area contributed by atoms with Crippen LogP contribution in [0.3, 0.4) is 0 Å². The molecule has 6 heteroatoms. The molecule has 0 unspecified atom stereocenters. The van der Waals surface area contributed by atoms with Gasteiger partial charge < -0.3 is 14.6 Å². The number of piperazine rings is 1. The molecule has 0 atom stereocenters. The summed E-state index contributed by atoms with van der Waals surface area (Å²) in [6.45, 7) is 3.63. The molecule has 3 aromatic rings. The Morgan fingerprint density at radius 2 is 1.87 bits per heavy atom. The van der Waals surface area contributed by atoms with E-state index >= 15 is 0 Å². The maximum Gasteiger partial charge on any atom is 0.227 e. The molecule has 0 saturated carbocycles. The molecule has 2 aromatic carbocycles. The second-order valence-electron chi connectivity index (χ2n) is 5.51. The van der Waals surface area contributed by atoms with Crippen LogP contribution in [0.5, 0.6) is 0 Å². The molecule has 1 aliphatic heterocycles. The van der Waals surface area contributed by atoms with E-state index in [1.807, 2.05) is 18.2 Å². The molecule has 0 spiro atoms. The highest BCUT2D eigenvalue weighted by Crippen LogP contribution is 2.31. The predicted molar refractivity (Wildman–Crippen MR) is 84.4 cm³/mol. The zero-order valence-electron chi connectivity index (χ0n) is 12.4. The minimum atomic E-state index is -0.910. The third kappa shape index (κ3) is 2.55. The lowest BCUT2D eigenvalue weighted by Crippen LogP contribution is -2.43. The van der Waals surface area contributed by atoms with Crippen molar-refractivity contribution in [2.75, 3.05) is 31.1 Å². The number of nitrogens with zero attached hydrogens (tertiary/aromatic N) is 2. The third-order valence-corrected chi connectivity index (χ3v) is 4.02. The van der Waals surface area contributed by atoms with Crippen LogP contribution in [0.2, 0.25) is 0 Å². The van der Waals surface area contributed by atoms with E-state index in [9.17, 15) is 8.78 Å².